The second kappa shape index (κ2) is 5.95. The van der Waals surface area contributed by atoms with Crippen LogP contribution in [0.3, 0.4) is 0 Å². The molecular formula is C10H14BrN3O4S. The number of nitro benzene ring substituents is 1. The minimum Gasteiger partial charge on any atom is -0.329 e. The highest BCUT2D eigenvalue weighted by Crippen LogP contribution is 2.29. The van der Waals surface area contributed by atoms with Gasteiger partial charge in [-0.1, -0.05) is 15.9 Å². The lowest BCUT2D eigenvalue weighted by Gasteiger charge is -2.22. The van der Waals surface area contributed by atoms with Crippen LogP contribution >= 0.6 is 15.9 Å². The third-order valence-electron chi connectivity index (χ3n) is 2.74. The molecule has 0 aliphatic rings. The van der Waals surface area contributed by atoms with Crippen LogP contribution in [0.2, 0.25) is 0 Å². The predicted octanol–water partition coefficient (Wildman–Crippen LogP) is 1.33. The van der Waals surface area contributed by atoms with E-state index < -0.39 is 26.7 Å². The highest BCUT2D eigenvalue weighted by Gasteiger charge is 2.31. The van der Waals surface area contributed by atoms with E-state index in [0.29, 0.717) is 4.47 Å². The zero-order valence-corrected chi connectivity index (χ0v) is 12.8. The Morgan fingerprint density at radius 3 is 2.58 bits per heavy atom. The first-order valence-corrected chi connectivity index (χ1v) is 7.57. The maximum absolute atomic E-state index is 12.4. The van der Waals surface area contributed by atoms with Crippen molar-refractivity contribution >= 4 is 31.6 Å². The van der Waals surface area contributed by atoms with Crippen molar-refractivity contribution in [1.82, 2.24) is 4.31 Å². The van der Waals surface area contributed by atoms with E-state index in [1.54, 1.807) is 6.92 Å². The molecule has 1 rings (SSSR count). The molecule has 0 radical (unpaired) electrons. The van der Waals surface area contributed by atoms with E-state index in [0.717, 1.165) is 10.4 Å². The van der Waals surface area contributed by atoms with E-state index >= 15 is 0 Å². The zero-order valence-electron chi connectivity index (χ0n) is 10.4. The van der Waals surface area contributed by atoms with Crippen LogP contribution in [0, 0.1) is 10.1 Å². The maximum atomic E-state index is 12.4. The van der Waals surface area contributed by atoms with Crippen molar-refractivity contribution in [3.05, 3.63) is 32.8 Å². The summed E-state index contributed by atoms with van der Waals surface area (Å²) in [5, 5.41) is 10.9. The summed E-state index contributed by atoms with van der Waals surface area (Å²) < 4.78 is 26.2. The van der Waals surface area contributed by atoms with Crippen molar-refractivity contribution in [3.8, 4) is 0 Å². The van der Waals surface area contributed by atoms with Gasteiger partial charge in [-0.15, -0.1) is 0 Å². The number of nitro groups is 1. The van der Waals surface area contributed by atoms with Gasteiger partial charge in [0, 0.05) is 30.2 Å². The van der Waals surface area contributed by atoms with Crippen LogP contribution in [0.25, 0.3) is 0 Å². The minimum atomic E-state index is -3.97. The molecule has 7 nitrogen and oxygen atoms in total. The van der Waals surface area contributed by atoms with E-state index in [1.807, 2.05) is 0 Å². The van der Waals surface area contributed by atoms with Crippen molar-refractivity contribution in [2.75, 3.05) is 13.6 Å². The van der Waals surface area contributed by atoms with Crippen LogP contribution in [0.15, 0.2) is 27.6 Å². The number of halogens is 1. The number of sulfonamides is 1. The fourth-order valence-corrected chi connectivity index (χ4v) is 3.45. The Hall–Kier alpha value is -1.03. The summed E-state index contributed by atoms with van der Waals surface area (Å²) in [6, 6.07) is 3.33. The summed E-state index contributed by atoms with van der Waals surface area (Å²) in [6.45, 7) is 1.75. The quantitative estimate of drug-likeness (QED) is 0.635. The van der Waals surface area contributed by atoms with Crippen LogP contribution in [0.5, 0.6) is 0 Å². The van der Waals surface area contributed by atoms with Crippen LogP contribution in [-0.2, 0) is 10.0 Å². The van der Waals surface area contributed by atoms with E-state index in [9.17, 15) is 18.5 Å². The molecule has 2 N–H and O–H groups in total. The standard InChI is InChI=1S/C10H14BrN3O4S/c1-7(6-12)13(2)19(17,18)10-5-8(11)3-4-9(10)14(15)16/h3-5,7H,6,12H2,1-2H3. The maximum Gasteiger partial charge on any atom is 0.289 e. The van der Waals surface area contributed by atoms with Crippen molar-refractivity contribution in [2.45, 2.75) is 17.9 Å². The van der Waals surface area contributed by atoms with Crippen LogP contribution < -0.4 is 5.73 Å². The Labute approximate surface area is 119 Å². The molecule has 0 saturated carbocycles. The second-order valence-electron chi connectivity index (χ2n) is 3.98. The Morgan fingerprint density at radius 2 is 2.11 bits per heavy atom. The largest absolute Gasteiger partial charge is 0.329 e. The first kappa shape index (κ1) is 16.0. The minimum absolute atomic E-state index is 0.123. The van der Waals surface area contributed by atoms with E-state index in [-0.39, 0.29) is 11.4 Å². The molecule has 0 aliphatic heterocycles. The first-order chi connectivity index (χ1) is 8.71. The fourth-order valence-electron chi connectivity index (χ4n) is 1.39. The SMILES string of the molecule is CC(CN)N(C)S(=O)(=O)c1cc(Br)ccc1[N+](=O)[O-]. The van der Waals surface area contributed by atoms with Gasteiger partial charge in [0.25, 0.3) is 5.69 Å². The molecule has 106 valence electrons. The molecule has 0 bridgehead atoms. The summed E-state index contributed by atoms with van der Waals surface area (Å²) in [7, 11) is -2.62. The molecule has 1 aromatic carbocycles. The summed E-state index contributed by atoms with van der Waals surface area (Å²) in [5.74, 6) is 0. The van der Waals surface area contributed by atoms with Gasteiger partial charge >= 0.3 is 0 Å². The fraction of sp³-hybridized carbons (Fsp3) is 0.400. The number of nitrogens with zero attached hydrogens (tertiary/aromatic N) is 2. The summed E-state index contributed by atoms with van der Waals surface area (Å²) in [5.41, 5.74) is 4.97. The third kappa shape index (κ3) is 3.30. The highest BCUT2D eigenvalue weighted by molar-refractivity contribution is 9.10. The van der Waals surface area contributed by atoms with Gasteiger partial charge in [0.05, 0.1) is 4.92 Å². The van der Waals surface area contributed by atoms with Gasteiger partial charge < -0.3 is 5.73 Å². The lowest BCUT2D eigenvalue weighted by Crippen LogP contribution is -2.39. The number of hydrogen-bond donors (Lipinski definition) is 1. The van der Waals surface area contributed by atoms with Gasteiger partial charge in [-0.05, 0) is 19.1 Å². The molecule has 0 saturated heterocycles. The predicted molar refractivity (Wildman–Crippen MR) is 74.3 cm³/mol. The van der Waals surface area contributed by atoms with Gasteiger partial charge in [0.15, 0.2) is 4.90 Å². The molecule has 0 fully saturated rings. The van der Waals surface area contributed by atoms with Crippen molar-refractivity contribution in [1.29, 1.82) is 0 Å². The van der Waals surface area contributed by atoms with Crippen LogP contribution in [0.1, 0.15) is 6.92 Å². The molecule has 1 atom stereocenters. The normalized spacial score (nSPS) is 13.5. The van der Waals surface area contributed by atoms with Gasteiger partial charge in [0.2, 0.25) is 10.0 Å². The topological polar surface area (TPSA) is 107 Å². The lowest BCUT2D eigenvalue weighted by atomic mass is 10.3. The highest BCUT2D eigenvalue weighted by atomic mass is 79.9. The molecule has 0 aliphatic carbocycles. The van der Waals surface area contributed by atoms with Crippen molar-refractivity contribution in [3.63, 3.8) is 0 Å². The number of benzene rings is 1. The zero-order chi connectivity index (χ0) is 14.8. The molecular weight excluding hydrogens is 338 g/mol. The average Bonchev–Trinajstić information content (AvgIpc) is 2.36. The molecule has 0 aromatic heterocycles. The van der Waals surface area contributed by atoms with Gasteiger partial charge in [-0.3, -0.25) is 10.1 Å². The Morgan fingerprint density at radius 1 is 1.53 bits per heavy atom. The van der Waals surface area contributed by atoms with E-state index in [1.165, 1.54) is 19.2 Å². The number of rotatable bonds is 5. The molecule has 0 spiro atoms. The van der Waals surface area contributed by atoms with Crippen LogP contribution in [-0.4, -0.2) is 37.3 Å². The number of nitrogens with two attached hydrogens (primary N) is 1. The van der Waals surface area contributed by atoms with Gasteiger partial charge in [0.1, 0.15) is 0 Å². The summed E-state index contributed by atoms with van der Waals surface area (Å²) in [6.07, 6.45) is 0. The summed E-state index contributed by atoms with van der Waals surface area (Å²) >= 11 is 3.11. The average molecular weight is 352 g/mol. The molecule has 9 heteroatoms. The van der Waals surface area contributed by atoms with Gasteiger partial charge in [-0.25, -0.2) is 8.42 Å². The third-order valence-corrected chi connectivity index (χ3v) is 5.23. The summed E-state index contributed by atoms with van der Waals surface area (Å²) in [4.78, 5) is 9.85. The Balaban J connectivity index is 3.43. The van der Waals surface area contributed by atoms with Crippen molar-refractivity contribution in [2.24, 2.45) is 5.73 Å². The molecule has 1 aromatic rings. The molecule has 1 unspecified atom stereocenters. The van der Waals surface area contributed by atoms with E-state index in [2.05, 4.69) is 15.9 Å². The lowest BCUT2D eigenvalue weighted by molar-refractivity contribution is -0.387. The monoisotopic (exact) mass is 351 g/mol. The molecule has 0 amide bonds. The van der Waals surface area contributed by atoms with Crippen LogP contribution in [0.4, 0.5) is 5.69 Å². The Bertz CT molecular complexity index is 590. The van der Waals surface area contributed by atoms with E-state index in [4.69, 9.17) is 5.73 Å². The smallest absolute Gasteiger partial charge is 0.289 e. The second-order valence-corrected chi connectivity index (χ2v) is 6.86. The molecule has 0 heterocycles. The van der Waals surface area contributed by atoms with Crippen molar-refractivity contribution < 1.29 is 13.3 Å². The molecule has 19 heavy (non-hydrogen) atoms. The van der Waals surface area contributed by atoms with Gasteiger partial charge in [-0.2, -0.15) is 4.31 Å². The first-order valence-electron chi connectivity index (χ1n) is 5.34. The Kier molecular flexibility index (Phi) is 5.02. The number of hydrogen-bond acceptors (Lipinski definition) is 5. The number of likely N-dealkylation sites (N-methyl/N-ethyl adjacent to an activating group) is 1.